The average molecular weight is 435 g/mol. The van der Waals surface area contributed by atoms with Crippen molar-refractivity contribution in [1.82, 2.24) is 19.5 Å². The fourth-order valence-electron chi connectivity index (χ4n) is 3.83. The summed E-state index contributed by atoms with van der Waals surface area (Å²) in [5, 5.41) is 0. The van der Waals surface area contributed by atoms with Crippen molar-refractivity contribution in [3.8, 4) is 5.69 Å². The third-order valence-corrected chi connectivity index (χ3v) is 7.07. The second-order valence-corrected chi connectivity index (χ2v) is 8.99. The molecule has 9 nitrogen and oxygen atoms in total. The lowest BCUT2D eigenvalue weighted by molar-refractivity contribution is 0.586. The summed E-state index contributed by atoms with van der Waals surface area (Å²) in [6, 6.07) is 13.2. The number of rotatable bonds is 3. The third kappa shape index (κ3) is 3.12. The monoisotopic (exact) mass is 435 g/mol. The van der Waals surface area contributed by atoms with Crippen LogP contribution < -0.4 is 15.6 Å². The van der Waals surface area contributed by atoms with Crippen molar-refractivity contribution in [1.29, 1.82) is 0 Å². The molecule has 1 N–H and O–H groups in total. The summed E-state index contributed by atoms with van der Waals surface area (Å²) in [6.07, 6.45) is 4.23. The number of aryl methyl sites for hydroxylation is 1. The highest BCUT2D eigenvalue weighted by atomic mass is 32.2. The van der Waals surface area contributed by atoms with Crippen molar-refractivity contribution in [3.05, 3.63) is 87.3 Å². The van der Waals surface area contributed by atoms with E-state index in [1.807, 2.05) is 12.1 Å². The van der Waals surface area contributed by atoms with Gasteiger partial charge < -0.3 is 0 Å². The van der Waals surface area contributed by atoms with Gasteiger partial charge in [0.25, 0.3) is 15.6 Å². The molecule has 0 unspecified atom stereocenters. The van der Waals surface area contributed by atoms with Crippen LogP contribution in [0.5, 0.6) is 0 Å². The van der Waals surface area contributed by atoms with Gasteiger partial charge in [-0.15, -0.1) is 0 Å². The summed E-state index contributed by atoms with van der Waals surface area (Å²) < 4.78 is 29.1. The number of benzene rings is 2. The van der Waals surface area contributed by atoms with Crippen molar-refractivity contribution in [2.45, 2.75) is 17.7 Å². The molecule has 2 aromatic carbocycles. The maximum Gasteiger partial charge on any atom is 0.334 e. The minimum atomic E-state index is -3.90. The van der Waals surface area contributed by atoms with Crippen molar-refractivity contribution >= 4 is 26.9 Å². The van der Waals surface area contributed by atoms with E-state index in [-0.39, 0.29) is 21.7 Å². The molecule has 0 aliphatic carbocycles. The third-order valence-electron chi connectivity index (χ3n) is 5.26. The molecule has 0 bridgehead atoms. The number of aromatic amines is 1. The molecule has 10 heteroatoms. The zero-order chi connectivity index (χ0) is 21.6. The Morgan fingerprint density at radius 1 is 0.968 bits per heavy atom. The second-order valence-electron chi connectivity index (χ2n) is 7.13. The van der Waals surface area contributed by atoms with E-state index in [1.165, 1.54) is 41.0 Å². The molecule has 4 aromatic rings. The Balaban J connectivity index is 1.65. The Kier molecular flexibility index (Phi) is 4.44. The van der Waals surface area contributed by atoms with Crippen molar-refractivity contribution < 1.29 is 8.42 Å². The largest absolute Gasteiger partial charge is 0.334 e. The van der Waals surface area contributed by atoms with Gasteiger partial charge in [0.05, 0.1) is 16.3 Å². The van der Waals surface area contributed by atoms with Crippen LogP contribution in [0.15, 0.2) is 75.4 Å². The number of H-pyrrole nitrogens is 1. The van der Waals surface area contributed by atoms with Crippen LogP contribution in [-0.2, 0) is 16.4 Å². The number of hydrogen-bond acceptors (Lipinski definition) is 6. The molecular weight excluding hydrogens is 418 g/mol. The molecule has 0 spiro atoms. The van der Waals surface area contributed by atoms with E-state index < -0.39 is 21.3 Å². The SMILES string of the molecule is O=c1[nH]c2nccnc2c(=O)n1-c1cccc(S(=O)(=O)N2CCCc3ccccc32)c1. The fraction of sp³-hybridized carbons (Fsp3) is 0.143. The number of sulfonamides is 1. The molecule has 0 amide bonds. The summed E-state index contributed by atoms with van der Waals surface area (Å²) in [6.45, 7) is 0.357. The highest BCUT2D eigenvalue weighted by Crippen LogP contribution is 2.32. The molecule has 5 rings (SSSR count). The van der Waals surface area contributed by atoms with Gasteiger partial charge in [0.15, 0.2) is 11.2 Å². The first-order chi connectivity index (χ1) is 15.0. The smallest absolute Gasteiger partial charge is 0.290 e. The van der Waals surface area contributed by atoms with Gasteiger partial charge in [0, 0.05) is 18.9 Å². The number of anilines is 1. The van der Waals surface area contributed by atoms with E-state index in [4.69, 9.17) is 0 Å². The van der Waals surface area contributed by atoms with Gasteiger partial charge >= 0.3 is 5.69 Å². The van der Waals surface area contributed by atoms with Crippen LogP contribution in [0.25, 0.3) is 16.9 Å². The van der Waals surface area contributed by atoms with Crippen LogP contribution >= 0.6 is 0 Å². The Morgan fingerprint density at radius 2 is 1.77 bits per heavy atom. The van der Waals surface area contributed by atoms with Crippen molar-refractivity contribution in [2.75, 3.05) is 10.8 Å². The van der Waals surface area contributed by atoms with Crippen molar-refractivity contribution in [3.63, 3.8) is 0 Å². The first-order valence-electron chi connectivity index (χ1n) is 9.64. The van der Waals surface area contributed by atoms with E-state index in [2.05, 4.69) is 15.0 Å². The standard InChI is InChI=1S/C21H17N5O4S/c27-20-18-19(23-11-10-22-18)24-21(28)26(20)15-7-3-8-16(13-15)31(29,30)25-12-4-6-14-5-1-2-9-17(14)25/h1-3,5,7-11,13H,4,6,12H2,(H,23,24,28). The van der Waals surface area contributed by atoms with E-state index in [0.717, 1.165) is 16.6 Å². The summed E-state index contributed by atoms with van der Waals surface area (Å²) >= 11 is 0. The highest BCUT2D eigenvalue weighted by Gasteiger charge is 2.29. The van der Waals surface area contributed by atoms with Crippen LogP contribution in [0, 0.1) is 0 Å². The molecule has 156 valence electrons. The molecule has 0 fully saturated rings. The minimum Gasteiger partial charge on any atom is -0.290 e. The van der Waals surface area contributed by atoms with Gasteiger partial charge in [0.1, 0.15) is 0 Å². The first-order valence-corrected chi connectivity index (χ1v) is 11.1. The fourth-order valence-corrected chi connectivity index (χ4v) is 5.42. The molecule has 0 saturated carbocycles. The molecule has 2 aromatic heterocycles. The zero-order valence-electron chi connectivity index (χ0n) is 16.2. The van der Waals surface area contributed by atoms with Gasteiger partial charge in [0.2, 0.25) is 0 Å². The number of hydrogen-bond donors (Lipinski definition) is 1. The van der Waals surface area contributed by atoms with E-state index in [0.29, 0.717) is 18.7 Å². The maximum atomic E-state index is 13.4. The van der Waals surface area contributed by atoms with Crippen LogP contribution in [0.4, 0.5) is 5.69 Å². The topological polar surface area (TPSA) is 118 Å². The molecule has 0 atom stereocenters. The molecule has 3 heterocycles. The predicted octanol–water partition coefficient (Wildman–Crippen LogP) is 1.61. The van der Waals surface area contributed by atoms with Crippen LogP contribution in [0.1, 0.15) is 12.0 Å². The number of aromatic nitrogens is 4. The molecule has 31 heavy (non-hydrogen) atoms. The van der Waals surface area contributed by atoms with Gasteiger partial charge in [-0.05, 0) is 42.7 Å². The normalized spacial score (nSPS) is 13.9. The lowest BCUT2D eigenvalue weighted by Crippen LogP contribution is -2.36. The van der Waals surface area contributed by atoms with E-state index >= 15 is 0 Å². The summed E-state index contributed by atoms with van der Waals surface area (Å²) in [7, 11) is -3.90. The zero-order valence-corrected chi connectivity index (χ0v) is 17.0. The summed E-state index contributed by atoms with van der Waals surface area (Å²) in [5.41, 5.74) is 0.401. The number of nitrogens with one attached hydrogen (secondary N) is 1. The Bertz CT molecular complexity index is 1540. The molecule has 0 radical (unpaired) electrons. The molecular formula is C21H17N5O4S. The number of para-hydroxylation sites is 1. The summed E-state index contributed by atoms with van der Waals surface area (Å²) in [4.78, 5) is 35.8. The highest BCUT2D eigenvalue weighted by molar-refractivity contribution is 7.92. The minimum absolute atomic E-state index is 0.00718. The Morgan fingerprint density at radius 3 is 2.65 bits per heavy atom. The quantitative estimate of drug-likeness (QED) is 0.522. The average Bonchev–Trinajstić information content (AvgIpc) is 2.79. The summed E-state index contributed by atoms with van der Waals surface area (Å²) in [5.74, 6) is 0. The van der Waals surface area contributed by atoms with Crippen LogP contribution in [0.2, 0.25) is 0 Å². The number of fused-ring (bicyclic) bond motifs is 2. The maximum absolute atomic E-state index is 13.4. The Hall–Kier alpha value is -3.79. The van der Waals surface area contributed by atoms with Crippen molar-refractivity contribution in [2.24, 2.45) is 0 Å². The van der Waals surface area contributed by atoms with E-state index in [9.17, 15) is 18.0 Å². The second kappa shape index (κ2) is 7.17. The van der Waals surface area contributed by atoms with Gasteiger partial charge in [-0.25, -0.2) is 27.7 Å². The molecule has 0 saturated heterocycles. The predicted molar refractivity (Wildman–Crippen MR) is 115 cm³/mol. The first kappa shape index (κ1) is 19.2. The molecule has 1 aliphatic rings. The molecule has 1 aliphatic heterocycles. The van der Waals surface area contributed by atoms with Gasteiger partial charge in [-0.3, -0.25) is 14.1 Å². The van der Waals surface area contributed by atoms with E-state index in [1.54, 1.807) is 12.1 Å². The Labute approximate surface area is 176 Å². The lowest BCUT2D eigenvalue weighted by Gasteiger charge is -2.30. The number of nitrogens with zero attached hydrogens (tertiary/aromatic N) is 4. The van der Waals surface area contributed by atoms with Gasteiger partial charge in [-0.2, -0.15) is 0 Å². The van der Waals surface area contributed by atoms with Crippen LogP contribution in [-0.4, -0.2) is 34.5 Å². The van der Waals surface area contributed by atoms with Gasteiger partial charge in [-0.1, -0.05) is 24.3 Å². The lowest BCUT2D eigenvalue weighted by atomic mass is 10.0. The van der Waals surface area contributed by atoms with Crippen LogP contribution in [0.3, 0.4) is 0 Å².